The molecule has 2 unspecified atom stereocenters. The van der Waals surface area contributed by atoms with Crippen molar-refractivity contribution in [1.29, 1.82) is 0 Å². The highest BCUT2D eigenvalue weighted by Crippen LogP contribution is 2.20. The molecule has 0 aromatic rings. The molecule has 2 atom stereocenters. The third kappa shape index (κ3) is 3.95. The zero-order valence-corrected chi connectivity index (χ0v) is 12.6. The number of morpholine rings is 1. The van der Waals surface area contributed by atoms with Crippen LogP contribution in [-0.4, -0.2) is 61.0 Å². The lowest BCUT2D eigenvalue weighted by atomic mass is 9.92. The van der Waals surface area contributed by atoms with Crippen LogP contribution >= 0.6 is 0 Å². The first-order chi connectivity index (χ1) is 9.58. The van der Waals surface area contributed by atoms with Crippen LogP contribution in [-0.2, 0) is 14.3 Å². The highest BCUT2D eigenvalue weighted by atomic mass is 16.5. The SMILES string of the molecule is CC(CC(=O)N1CCC1)CC(C)C(=O)N1CCOCC1. The summed E-state index contributed by atoms with van der Waals surface area (Å²) in [6.45, 7) is 8.54. The average molecular weight is 282 g/mol. The van der Waals surface area contributed by atoms with Gasteiger partial charge < -0.3 is 14.5 Å². The van der Waals surface area contributed by atoms with Gasteiger partial charge in [0.15, 0.2) is 0 Å². The first kappa shape index (κ1) is 15.3. The average Bonchev–Trinajstić information content (AvgIpc) is 2.36. The maximum atomic E-state index is 12.3. The van der Waals surface area contributed by atoms with E-state index in [4.69, 9.17) is 4.74 Å². The Balaban J connectivity index is 1.73. The van der Waals surface area contributed by atoms with Gasteiger partial charge in [-0.05, 0) is 18.8 Å². The predicted octanol–water partition coefficient (Wildman–Crippen LogP) is 1.13. The Morgan fingerprint density at radius 1 is 1.05 bits per heavy atom. The van der Waals surface area contributed by atoms with E-state index in [-0.39, 0.29) is 23.7 Å². The molecule has 2 heterocycles. The fourth-order valence-corrected chi connectivity index (χ4v) is 2.88. The molecule has 2 fully saturated rings. The van der Waals surface area contributed by atoms with Crippen molar-refractivity contribution in [3.05, 3.63) is 0 Å². The molecular weight excluding hydrogens is 256 g/mol. The van der Waals surface area contributed by atoms with Crippen molar-refractivity contribution in [2.45, 2.75) is 33.1 Å². The topological polar surface area (TPSA) is 49.9 Å². The Hall–Kier alpha value is -1.10. The molecule has 0 N–H and O–H groups in total. The van der Waals surface area contributed by atoms with Crippen molar-refractivity contribution < 1.29 is 14.3 Å². The van der Waals surface area contributed by atoms with E-state index < -0.39 is 0 Å². The summed E-state index contributed by atoms with van der Waals surface area (Å²) in [6.07, 6.45) is 2.49. The number of carbonyl (C=O) groups excluding carboxylic acids is 2. The minimum absolute atomic E-state index is 0.00714. The Morgan fingerprint density at radius 3 is 2.25 bits per heavy atom. The van der Waals surface area contributed by atoms with Crippen LogP contribution in [0.4, 0.5) is 0 Å². The minimum Gasteiger partial charge on any atom is -0.378 e. The summed E-state index contributed by atoms with van der Waals surface area (Å²) in [5.74, 6) is 0.710. The van der Waals surface area contributed by atoms with Gasteiger partial charge in [0.2, 0.25) is 11.8 Å². The van der Waals surface area contributed by atoms with Gasteiger partial charge in [-0.25, -0.2) is 0 Å². The van der Waals surface area contributed by atoms with Crippen LogP contribution < -0.4 is 0 Å². The Bertz CT molecular complexity index is 349. The molecule has 0 aliphatic carbocycles. The van der Waals surface area contributed by atoms with Gasteiger partial charge in [0.25, 0.3) is 0 Å². The van der Waals surface area contributed by atoms with Crippen LogP contribution in [0.15, 0.2) is 0 Å². The molecule has 2 rings (SSSR count). The van der Waals surface area contributed by atoms with Crippen molar-refractivity contribution in [3.8, 4) is 0 Å². The molecule has 2 saturated heterocycles. The van der Waals surface area contributed by atoms with Crippen LogP contribution in [0.2, 0.25) is 0 Å². The number of amides is 2. The molecule has 0 spiro atoms. The maximum Gasteiger partial charge on any atom is 0.225 e. The number of carbonyl (C=O) groups is 2. The Morgan fingerprint density at radius 2 is 1.70 bits per heavy atom. The number of nitrogens with zero attached hydrogens (tertiary/aromatic N) is 2. The Labute approximate surface area is 121 Å². The zero-order valence-electron chi connectivity index (χ0n) is 12.6. The molecule has 114 valence electrons. The molecule has 5 nitrogen and oxygen atoms in total. The number of hydrogen-bond donors (Lipinski definition) is 0. The fraction of sp³-hybridized carbons (Fsp3) is 0.867. The van der Waals surface area contributed by atoms with Crippen molar-refractivity contribution in [1.82, 2.24) is 9.80 Å². The summed E-state index contributed by atoms with van der Waals surface area (Å²) in [7, 11) is 0. The summed E-state index contributed by atoms with van der Waals surface area (Å²) in [6, 6.07) is 0. The van der Waals surface area contributed by atoms with E-state index in [1.807, 2.05) is 16.7 Å². The standard InChI is InChI=1S/C15H26N2O3/c1-12(11-14(18)16-4-3-5-16)10-13(2)15(19)17-6-8-20-9-7-17/h12-13H,3-11H2,1-2H3. The van der Waals surface area contributed by atoms with Crippen LogP contribution in [0, 0.1) is 11.8 Å². The van der Waals surface area contributed by atoms with E-state index in [1.165, 1.54) is 0 Å². The maximum absolute atomic E-state index is 12.3. The quantitative estimate of drug-likeness (QED) is 0.759. The van der Waals surface area contributed by atoms with Crippen molar-refractivity contribution in [3.63, 3.8) is 0 Å². The molecule has 0 aromatic carbocycles. The van der Waals surface area contributed by atoms with Crippen molar-refractivity contribution in [2.75, 3.05) is 39.4 Å². The van der Waals surface area contributed by atoms with Crippen LogP contribution in [0.25, 0.3) is 0 Å². The smallest absolute Gasteiger partial charge is 0.225 e. The van der Waals surface area contributed by atoms with Crippen molar-refractivity contribution in [2.24, 2.45) is 11.8 Å². The summed E-state index contributed by atoms with van der Waals surface area (Å²) in [5.41, 5.74) is 0. The van der Waals surface area contributed by atoms with Gasteiger partial charge in [-0.15, -0.1) is 0 Å². The van der Waals surface area contributed by atoms with E-state index in [2.05, 4.69) is 6.92 Å². The molecule has 0 radical (unpaired) electrons. The molecule has 2 aliphatic rings. The molecule has 20 heavy (non-hydrogen) atoms. The molecule has 0 aromatic heterocycles. The number of hydrogen-bond acceptors (Lipinski definition) is 3. The number of rotatable bonds is 5. The fourth-order valence-electron chi connectivity index (χ4n) is 2.88. The monoisotopic (exact) mass is 282 g/mol. The van der Waals surface area contributed by atoms with Crippen LogP contribution in [0.3, 0.4) is 0 Å². The molecule has 0 bridgehead atoms. The number of likely N-dealkylation sites (tertiary alicyclic amines) is 1. The first-order valence-electron chi connectivity index (χ1n) is 7.72. The van der Waals surface area contributed by atoms with Gasteiger partial charge in [-0.2, -0.15) is 0 Å². The Kier molecular flexibility index (Phi) is 5.40. The van der Waals surface area contributed by atoms with Gasteiger partial charge in [-0.3, -0.25) is 9.59 Å². The van der Waals surface area contributed by atoms with Gasteiger partial charge >= 0.3 is 0 Å². The van der Waals surface area contributed by atoms with Gasteiger partial charge in [0.1, 0.15) is 0 Å². The van der Waals surface area contributed by atoms with Crippen LogP contribution in [0.5, 0.6) is 0 Å². The van der Waals surface area contributed by atoms with E-state index >= 15 is 0 Å². The highest BCUT2D eigenvalue weighted by Gasteiger charge is 2.26. The zero-order chi connectivity index (χ0) is 14.5. The second kappa shape index (κ2) is 7.07. The van der Waals surface area contributed by atoms with Gasteiger partial charge in [0, 0.05) is 38.5 Å². The third-order valence-corrected chi connectivity index (χ3v) is 4.23. The normalized spacial score (nSPS) is 22.1. The minimum atomic E-state index is -0.00714. The third-order valence-electron chi connectivity index (χ3n) is 4.23. The largest absolute Gasteiger partial charge is 0.378 e. The van der Waals surface area contributed by atoms with Gasteiger partial charge in [-0.1, -0.05) is 13.8 Å². The second-order valence-corrected chi connectivity index (χ2v) is 6.12. The second-order valence-electron chi connectivity index (χ2n) is 6.12. The van der Waals surface area contributed by atoms with Gasteiger partial charge in [0.05, 0.1) is 13.2 Å². The molecule has 5 heteroatoms. The van der Waals surface area contributed by atoms with E-state index in [0.717, 1.165) is 25.9 Å². The lowest BCUT2D eigenvalue weighted by molar-refractivity contribution is -0.140. The number of ether oxygens (including phenoxy) is 1. The van der Waals surface area contributed by atoms with Crippen LogP contribution in [0.1, 0.15) is 33.1 Å². The lowest BCUT2D eigenvalue weighted by Gasteiger charge is -2.32. The molecule has 0 saturated carbocycles. The summed E-state index contributed by atoms with van der Waals surface area (Å²) < 4.78 is 5.26. The summed E-state index contributed by atoms with van der Waals surface area (Å²) in [5, 5.41) is 0. The van der Waals surface area contributed by atoms with E-state index in [0.29, 0.717) is 32.7 Å². The summed E-state index contributed by atoms with van der Waals surface area (Å²) in [4.78, 5) is 28.0. The predicted molar refractivity (Wildman–Crippen MR) is 76.2 cm³/mol. The molecule has 2 aliphatic heterocycles. The van der Waals surface area contributed by atoms with E-state index in [1.54, 1.807) is 0 Å². The van der Waals surface area contributed by atoms with E-state index in [9.17, 15) is 9.59 Å². The lowest BCUT2D eigenvalue weighted by Crippen LogP contribution is -2.44. The molecular formula is C15H26N2O3. The highest BCUT2D eigenvalue weighted by molar-refractivity contribution is 5.79. The van der Waals surface area contributed by atoms with Crippen molar-refractivity contribution >= 4 is 11.8 Å². The summed E-state index contributed by atoms with van der Waals surface area (Å²) >= 11 is 0. The first-order valence-corrected chi connectivity index (χ1v) is 7.72. The molecule has 2 amide bonds.